The van der Waals surface area contributed by atoms with E-state index < -0.39 is 0 Å². The quantitative estimate of drug-likeness (QED) is 0.673. The summed E-state index contributed by atoms with van der Waals surface area (Å²) in [7, 11) is 1.48. The van der Waals surface area contributed by atoms with E-state index in [4.69, 9.17) is 4.74 Å². The van der Waals surface area contributed by atoms with Gasteiger partial charge < -0.3 is 9.84 Å². The molecule has 114 valence electrons. The number of carbonyl (C=O) groups excluding carboxylic acids is 1. The predicted octanol–water partition coefficient (Wildman–Crippen LogP) is 2.86. The first-order valence-corrected chi connectivity index (χ1v) is 6.80. The van der Waals surface area contributed by atoms with Crippen LogP contribution in [0.3, 0.4) is 0 Å². The van der Waals surface area contributed by atoms with Crippen molar-refractivity contribution in [2.45, 2.75) is 13.8 Å². The molecule has 2 N–H and O–H groups in total. The first-order valence-electron chi connectivity index (χ1n) is 6.80. The number of aryl methyl sites for hydroxylation is 1. The van der Waals surface area contributed by atoms with E-state index >= 15 is 0 Å². The highest BCUT2D eigenvalue weighted by molar-refractivity contribution is 6.03. The van der Waals surface area contributed by atoms with Crippen molar-refractivity contribution in [1.29, 1.82) is 0 Å². The van der Waals surface area contributed by atoms with Crippen molar-refractivity contribution in [2.75, 3.05) is 7.11 Å². The van der Waals surface area contributed by atoms with Crippen molar-refractivity contribution in [3.63, 3.8) is 0 Å². The summed E-state index contributed by atoms with van der Waals surface area (Å²) in [5, 5.41) is 14.1. The highest BCUT2D eigenvalue weighted by atomic mass is 16.5. The second-order valence-corrected chi connectivity index (χ2v) is 4.86. The van der Waals surface area contributed by atoms with Crippen LogP contribution in [-0.2, 0) is 0 Å². The van der Waals surface area contributed by atoms with E-state index in [2.05, 4.69) is 10.5 Å². The number of phenolic OH excluding ortho intramolecular Hbond substituents is 1. The molecule has 22 heavy (non-hydrogen) atoms. The maximum Gasteiger partial charge on any atom is 0.271 e. The number of hydrogen-bond acceptors (Lipinski definition) is 4. The van der Waals surface area contributed by atoms with E-state index in [1.54, 1.807) is 37.3 Å². The summed E-state index contributed by atoms with van der Waals surface area (Å²) >= 11 is 0. The zero-order chi connectivity index (χ0) is 16.1. The number of hydrazone groups is 1. The SMILES string of the molecule is COc1cccc(/C(C)=N/NC(=O)c2cccc(C)c2)c1O. The maximum atomic E-state index is 12.0. The molecule has 0 radical (unpaired) electrons. The van der Waals surface area contributed by atoms with Crippen LogP contribution in [0.1, 0.15) is 28.4 Å². The Kier molecular flexibility index (Phi) is 4.78. The Morgan fingerprint density at radius 2 is 1.95 bits per heavy atom. The number of amides is 1. The van der Waals surface area contributed by atoms with Crippen LogP contribution in [0, 0.1) is 6.92 Å². The number of phenols is 1. The molecule has 0 fully saturated rings. The molecule has 0 aliphatic carbocycles. The molecule has 0 atom stereocenters. The molecule has 0 heterocycles. The van der Waals surface area contributed by atoms with Crippen LogP contribution in [0.15, 0.2) is 47.6 Å². The van der Waals surface area contributed by atoms with Crippen molar-refractivity contribution in [2.24, 2.45) is 5.10 Å². The second-order valence-electron chi connectivity index (χ2n) is 4.86. The van der Waals surface area contributed by atoms with E-state index in [1.165, 1.54) is 7.11 Å². The average molecular weight is 298 g/mol. The van der Waals surface area contributed by atoms with Crippen LogP contribution in [0.4, 0.5) is 0 Å². The number of nitrogens with zero attached hydrogens (tertiary/aromatic N) is 1. The van der Waals surface area contributed by atoms with Crippen molar-refractivity contribution in [1.82, 2.24) is 5.43 Å². The number of carbonyl (C=O) groups is 1. The highest BCUT2D eigenvalue weighted by Gasteiger charge is 2.10. The maximum absolute atomic E-state index is 12.0. The van der Waals surface area contributed by atoms with Crippen molar-refractivity contribution < 1.29 is 14.6 Å². The molecule has 1 amide bonds. The number of ether oxygens (including phenoxy) is 1. The van der Waals surface area contributed by atoms with Gasteiger partial charge in [0.15, 0.2) is 11.5 Å². The molecule has 0 aliphatic heterocycles. The fraction of sp³-hybridized carbons (Fsp3) is 0.176. The smallest absolute Gasteiger partial charge is 0.271 e. The summed E-state index contributed by atoms with van der Waals surface area (Å²) in [4.78, 5) is 12.0. The Morgan fingerprint density at radius 1 is 1.23 bits per heavy atom. The Bertz CT molecular complexity index is 724. The van der Waals surface area contributed by atoms with Crippen molar-refractivity contribution in [3.8, 4) is 11.5 Å². The van der Waals surface area contributed by atoms with Crippen LogP contribution < -0.4 is 10.2 Å². The van der Waals surface area contributed by atoms with Crippen LogP contribution in [0.25, 0.3) is 0 Å². The number of rotatable bonds is 4. The molecule has 0 saturated heterocycles. The molecule has 5 heteroatoms. The Balaban J connectivity index is 2.18. The zero-order valence-electron chi connectivity index (χ0n) is 12.8. The Hall–Kier alpha value is -2.82. The predicted molar refractivity (Wildman–Crippen MR) is 85.5 cm³/mol. The summed E-state index contributed by atoms with van der Waals surface area (Å²) in [5.41, 5.74) is 5.01. The minimum Gasteiger partial charge on any atom is -0.504 e. The highest BCUT2D eigenvalue weighted by Crippen LogP contribution is 2.29. The standard InChI is InChI=1S/C17H18N2O3/c1-11-6-4-7-13(10-11)17(21)19-18-12(2)14-8-5-9-15(22-3)16(14)20/h4-10,20H,1-3H3,(H,19,21)/b18-12+. The van der Waals surface area contributed by atoms with Gasteiger partial charge in [0.1, 0.15) is 0 Å². The fourth-order valence-electron chi connectivity index (χ4n) is 2.02. The third kappa shape index (κ3) is 3.44. The van der Waals surface area contributed by atoms with Crippen molar-refractivity contribution in [3.05, 3.63) is 59.2 Å². The van der Waals surface area contributed by atoms with Crippen LogP contribution in [0.5, 0.6) is 11.5 Å². The van der Waals surface area contributed by atoms with Crippen LogP contribution in [0.2, 0.25) is 0 Å². The van der Waals surface area contributed by atoms with E-state index in [1.807, 2.05) is 19.1 Å². The van der Waals surface area contributed by atoms with Gasteiger partial charge in [-0.05, 0) is 38.1 Å². The average Bonchev–Trinajstić information content (AvgIpc) is 2.52. The number of nitrogens with one attached hydrogen (secondary N) is 1. The number of aromatic hydroxyl groups is 1. The summed E-state index contributed by atoms with van der Waals surface area (Å²) in [5.74, 6) is 0.0542. The molecule has 0 saturated carbocycles. The molecular formula is C17H18N2O3. The monoisotopic (exact) mass is 298 g/mol. The lowest BCUT2D eigenvalue weighted by Gasteiger charge is -2.08. The molecule has 0 spiro atoms. The van der Waals surface area contributed by atoms with E-state index in [-0.39, 0.29) is 11.7 Å². The molecule has 0 unspecified atom stereocenters. The van der Waals surface area contributed by atoms with Crippen molar-refractivity contribution >= 4 is 11.6 Å². The molecular weight excluding hydrogens is 280 g/mol. The van der Waals surface area contributed by atoms with Gasteiger partial charge >= 0.3 is 0 Å². The third-order valence-corrected chi connectivity index (χ3v) is 3.21. The Morgan fingerprint density at radius 3 is 2.64 bits per heavy atom. The molecule has 2 rings (SSSR count). The summed E-state index contributed by atoms with van der Waals surface area (Å²) in [6.07, 6.45) is 0. The molecule has 5 nitrogen and oxygen atoms in total. The molecule has 0 aromatic heterocycles. The molecule has 0 aliphatic rings. The van der Waals surface area contributed by atoms with Crippen LogP contribution in [-0.4, -0.2) is 23.8 Å². The molecule has 0 bridgehead atoms. The van der Waals surface area contributed by atoms with Gasteiger partial charge in [0.2, 0.25) is 0 Å². The topological polar surface area (TPSA) is 70.9 Å². The van der Waals surface area contributed by atoms with Gasteiger partial charge in [-0.25, -0.2) is 5.43 Å². The number of hydrogen-bond donors (Lipinski definition) is 2. The van der Waals surface area contributed by atoms with Gasteiger partial charge in [-0.3, -0.25) is 4.79 Å². The minimum atomic E-state index is -0.301. The van der Waals surface area contributed by atoms with Gasteiger partial charge in [0.25, 0.3) is 5.91 Å². The summed E-state index contributed by atoms with van der Waals surface area (Å²) in [6, 6.07) is 12.3. The lowest BCUT2D eigenvalue weighted by Crippen LogP contribution is -2.19. The third-order valence-electron chi connectivity index (χ3n) is 3.21. The fourth-order valence-corrected chi connectivity index (χ4v) is 2.02. The van der Waals surface area contributed by atoms with E-state index in [0.717, 1.165) is 5.56 Å². The van der Waals surface area contributed by atoms with Gasteiger partial charge in [-0.15, -0.1) is 0 Å². The Labute approximate surface area is 129 Å². The molecule has 2 aromatic rings. The first-order chi connectivity index (χ1) is 10.5. The summed E-state index contributed by atoms with van der Waals surface area (Å²) < 4.78 is 5.05. The largest absolute Gasteiger partial charge is 0.504 e. The van der Waals surface area contributed by atoms with Gasteiger partial charge in [0.05, 0.1) is 12.8 Å². The second kappa shape index (κ2) is 6.76. The van der Waals surface area contributed by atoms with E-state index in [0.29, 0.717) is 22.6 Å². The minimum absolute atomic E-state index is 0.00365. The lowest BCUT2D eigenvalue weighted by atomic mass is 10.1. The normalized spacial score (nSPS) is 11.1. The van der Waals surface area contributed by atoms with Gasteiger partial charge in [-0.1, -0.05) is 23.8 Å². The molecule has 2 aromatic carbocycles. The lowest BCUT2D eigenvalue weighted by molar-refractivity contribution is 0.0954. The summed E-state index contributed by atoms with van der Waals surface area (Å²) in [6.45, 7) is 3.62. The van der Waals surface area contributed by atoms with Crippen LogP contribution >= 0.6 is 0 Å². The number of benzene rings is 2. The zero-order valence-corrected chi connectivity index (χ0v) is 12.8. The van der Waals surface area contributed by atoms with E-state index in [9.17, 15) is 9.90 Å². The number of methoxy groups -OCH3 is 1. The first kappa shape index (κ1) is 15.6. The van der Waals surface area contributed by atoms with Gasteiger partial charge in [0, 0.05) is 11.1 Å². The number of para-hydroxylation sites is 1. The van der Waals surface area contributed by atoms with Gasteiger partial charge in [-0.2, -0.15) is 5.10 Å².